The number of hydrogen-bond acceptors (Lipinski definition) is 5. The van der Waals surface area contributed by atoms with Gasteiger partial charge in [-0.05, 0) is 43.0 Å². The van der Waals surface area contributed by atoms with Crippen LogP contribution in [0.5, 0.6) is 0 Å². The Morgan fingerprint density at radius 1 is 1.33 bits per heavy atom. The number of carbonyl (C=O) groups excluding carboxylic acids is 1. The van der Waals surface area contributed by atoms with Crippen LogP contribution in [0.4, 0.5) is 5.69 Å². The minimum Gasteiger partial charge on any atom is -0.325 e. The van der Waals surface area contributed by atoms with E-state index in [1.54, 1.807) is 34.4 Å². The lowest BCUT2D eigenvalue weighted by Crippen LogP contribution is -2.22. The van der Waals surface area contributed by atoms with Crippen molar-refractivity contribution in [3.8, 4) is 10.6 Å². The Balaban J connectivity index is 1.53. The van der Waals surface area contributed by atoms with Crippen LogP contribution in [0, 0.1) is 6.92 Å². The van der Waals surface area contributed by atoms with Gasteiger partial charge in [0.2, 0.25) is 5.91 Å². The van der Waals surface area contributed by atoms with Crippen molar-refractivity contribution in [2.24, 2.45) is 0 Å². The van der Waals surface area contributed by atoms with E-state index in [0.717, 1.165) is 27.7 Å². The SMILES string of the molecule is Cc1cccc(NC(=O)[C@H](C)SCc2csc(-c3ccsc3)n2)c1. The lowest BCUT2D eigenvalue weighted by molar-refractivity contribution is -0.115. The van der Waals surface area contributed by atoms with Crippen molar-refractivity contribution in [1.82, 2.24) is 4.98 Å². The highest BCUT2D eigenvalue weighted by atomic mass is 32.2. The highest BCUT2D eigenvalue weighted by Crippen LogP contribution is 2.28. The van der Waals surface area contributed by atoms with Crippen molar-refractivity contribution in [3.05, 3.63) is 57.7 Å². The van der Waals surface area contributed by atoms with E-state index < -0.39 is 0 Å². The van der Waals surface area contributed by atoms with Crippen LogP contribution in [0.3, 0.4) is 0 Å². The van der Waals surface area contributed by atoms with E-state index in [9.17, 15) is 4.79 Å². The van der Waals surface area contributed by atoms with E-state index in [-0.39, 0.29) is 11.2 Å². The summed E-state index contributed by atoms with van der Waals surface area (Å²) in [5, 5.41) is 10.1. The molecule has 1 amide bonds. The molecule has 0 saturated heterocycles. The van der Waals surface area contributed by atoms with E-state index in [1.165, 1.54) is 5.56 Å². The second-order valence-corrected chi connectivity index (χ2v) is 8.44. The standard InChI is InChI=1S/C18H18N2OS3/c1-12-4-3-5-15(8-12)19-17(21)13(2)23-10-16-11-24-18(20-16)14-6-7-22-9-14/h3-9,11,13H,10H2,1-2H3,(H,19,21)/t13-/m0/s1. The molecule has 124 valence electrons. The van der Waals surface area contributed by atoms with Crippen LogP contribution < -0.4 is 5.32 Å². The maximum Gasteiger partial charge on any atom is 0.237 e. The second kappa shape index (κ2) is 7.96. The van der Waals surface area contributed by atoms with Gasteiger partial charge in [0.1, 0.15) is 5.01 Å². The van der Waals surface area contributed by atoms with Crippen LogP contribution in [-0.4, -0.2) is 16.1 Å². The molecule has 0 saturated carbocycles. The molecule has 2 heterocycles. The van der Waals surface area contributed by atoms with Gasteiger partial charge in [0, 0.05) is 27.8 Å². The van der Waals surface area contributed by atoms with E-state index in [4.69, 9.17) is 0 Å². The van der Waals surface area contributed by atoms with E-state index in [0.29, 0.717) is 0 Å². The number of thioether (sulfide) groups is 1. The van der Waals surface area contributed by atoms with Crippen molar-refractivity contribution >= 4 is 46.0 Å². The van der Waals surface area contributed by atoms with Crippen LogP contribution in [0.15, 0.2) is 46.5 Å². The molecule has 2 aromatic heterocycles. The maximum absolute atomic E-state index is 12.3. The van der Waals surface area contributed by atoms with Gasteiger partial charge in [0.25, 0.3) is 0 Å². The third-order valence-electron chi connectivity index (χ3n) is 3.46. The van der Waals surface area contributed by atoms with Gasteiger partial charge in [-0.25, -0.2) is 4.98 Å². The molecule has 0 bridgehead atoms. The Labute approximate surface area is 154 Å². The first-order chi connectivity index (χ1) is 11.6. The normalized spacial score (nSPS) is 12.1. The van der Waals surface area contributed by atoms with Gasteiger partial charge in [-0.3, -0.25) is 4.79 Å². The molecule has 24 heavy (non-hydrogen) atoms. The van der Waals surface area contributed by atoms with Crippen molar-refractivity contribution in [1.29, 1.82) is 0 Å². The molecule has 0 aliphatic carbocycles. The summed E-state index contributed by atoms with van der Waals surface area (Å²) in [4.78, 5) is 16.9. The number of aryl methyl sites for hydroxylation is 1. The summed E-state index contributed by atoms with van der Waals surface area (Å²) in [7, 11) is 0. The molecular weight excluding hydrogens is 356 g/mol. The maximum atomic E-state index is 12.3. The molecule has 0 unspecified atom stereocenters. The zero-order valence-electron chi connectivity index (χ0n) is 13.5. The molecule has 3 nitrogen and oxygen atoms in total. The number of rotatable bonds is 6. The number of benzene rings is 1. The number of thiazole rings is 1. The molecule has 0 fully saturated rings. The Morgan fingerprint density at radius 3 is 2.96 bits per heavy atom. The fraction of sp³-hybridized carbons (Fsp3) is 0.222. The van der Waals surface area contributed by atoms with Crippen LogP contribution in [0.2, 0.25) is 0 Å². The van der Waals surface area contributed by atoms with Crippen molar-refractivity contribution in [2.45, 2.75) is 24.9 Å². The number of anilines is 1. The number of thiophene rings is 1. The minimum atomic E-state index is -0.128. The predicted molar refractivity (Wildman–Crippen MR) is 106 cm³/mol. The van der Waals surface area contributed by atoms with Crippen molar-refractivity contribution in [3.63, 3.8) is 0 Å². The largest absolute Gasteiger partial charge is 0.325 e. The molecule has 1 atom stereocenters. The molecule has 3 rings (SSSR count). The Bertz CT molecular complexity index is 811. The minimum absolute atomic E-state index is 0.0267. The lowest BCUT2D eigenvalue weighted by atomic mass is 10.2. The topological polar surface area (TPSA) is 42.0 Å². The van der Waals surface area contributed by atoms with Crippen molar-refractivity contribution < 1.29 is 4.79 Å². The van der Waals surface area contributed by atoms with Gasteiger partial charge in [0.05, 0.1) is 10.9 Å². The van der Waals surface area contributed by atoms with Crippen LogP contribution in [-0.2, 0) is 10.5 Å². The first-order valence-corrected chi connectivity index (χ1v) is 10.4. The van der Waals surface area contributed by atoms with Gasteiger partial charge in [-0.2, -0.15) is 11.3 Å². The summed E-state index contributed by atoms with van der Waals surface area (Å²) in [6, 6.07) is 9.93. The van der Waals surface area contributed by atoms with Crippen LogP contribution in [0.25, 0.3) is 10.6 Å². The molecule has 3 aromatic rings. The molecule has 0 radical (unpaired) electrons. The molecular formula is C18H18N2OS3. The van der Waals surface area contributed by atoms with Crippen molar-refractivity contribution in [2.75, 3.05) is 5.32 Å². The van der Waals surface area contributed by atoms with E-state index in [1.807, 2.05) is 38.1 Å². The molecule has 1 aromatic carbocycles. The summed E-state index contributed by atoms with van der Waals surface area (Å²) in [5.41, 5.74) is 4.19. The quantitative estimate of drug-likeness (QED) is 0.624. The highest BCUT2D eigenvalue weighted by molar-refractivity contribution is 7.99. The second-order valence-electron chi connectivity index (χ2n) is 5.47. The number of hydrogen-bond donors (Lipinski definition) is 1. The summed E-state index contributed by atoms with van der Waals surface area (Å²) in [6.07, 6.45) is 0. The highest BCUT2D eigenvalue weighted by Gasteiger charge is 2.15. The third kappa shape index (κ3) is 4.47. The Hall–Kier alpha value is -1.63. The molecule has 0 aliphatic heterocycles. The lowest BCUT2D eigenvalue weighted by Gasteiger charge is -2.11. The fourth-order valence-corrected chi connectivity index (χ4v) is 4.56. The summed E-state index contributed by atoms with van der Waals surface area (Å²) >= 11 is 4.94. The first kappa shape index (κ1) is 17.2. The average molecular weight is 375 g/mol. The number of aromatic nitrogens is 1. The number of carbonyl (C=O) groups is 1. The Morgan fingerprint density at radius 2 is 2.21 bits per heavy atom. The molecule has 1 N–H and O–H groups in total. The number of amides is 1. The van der Waals surface area contributed by atoms with Gasteiger partial charge in [-0.1, -0.05) is 12.1 Å². The summed E-state index contributed by atoms with van der Waals surface area (Å²) in [5.74, 6) is 0.766. The van der Waals surface area contributed by atoms with E-state index >= 15 is 0 Å². The first-order valence-electron chi connectivity index (χ1n) is 7.58. The summed E-state index contributed by atoms with van der Waals surface area (Å²) < 4.78 is 0. The average Bonchev–Trinajstić information content (AvgIpc) is 3.23. The van der Waals surface area contributed by atoms with Gasteiger partial charge in [0.15, 0.2) is 0 Å². The van der Waals surface area contributed by atoms with E-state index in [2.05, 4.69) is 32.5 Å². The number of nitrogens with one attached hydrogen (secondary N) is 1. The van der Waals surface area contributed by atoms with Crippen LogP contribution >= 0.6 is 34.4 Å². The molecule has 0 aliphatic rings. The van der Waals surface area contributed by atoms with Gasteiger partial charge < -0.3 is 5.32 Å². The number of nitrogens with zero attached hydrogens (tertiary/aromatic N) is 1. The van der Waals surface area contributed by atoms with Gasteiger partial charge >= 0.3 is 0 Å². The van der Waals surface area contributed by atoms with Crippen LogP contribution in [0.1, 0.15) is 18.2 Å². The summed E-state index contributed by atoms with van der Waals surface area (Å²) in [6.45, 7) is 3.95. The third-order valence-corrected chi connectivity index (χ3v) is 6.26. The Kier molecular flexibility index (Phi) is 5.71. The van der Waals surface area contributed by atoms with Gasteiger partial charge in [-0.15, -0.1) is 23.1 Å². The predicted octanol–water partition coefficient (Wildman–Crippen LogP) is 5.44. The zero-order valence-corrected chi connectivity index (χ0v) is 15.9. The molecule has 6 heteroatoms. The fourth-order valence-electron chi connectivity index (χ4n) is 2.14. The monoisotopic (exact) mass is 374 g/mol. The molecule has 0 spiro atoms. The smallest absolute Gasteiger partial charge is 0.237 e. The zero-order chi connectivity index (χ0) is 16.9.